The van der Waals surface area contributed by atoms with E-state index >= 15 is 0 Å². The Hall–Kier alpha value is -2.66. The fraction of sp³-hybridized carbons (Fsp3) is 0.176. The molecule has 2 heterocycles. The number of carbonyl (C=O) groups is 1. The highest BCUT2D eigenvalue weighted by atomic mass is 16.7. The molecule has 1 aliphatic heterocycles. The first-order valence-corrected chi connectivity index (χ1v) is 7.27. The van der Waals surface area contributed by atoms with Crippen molar-refractivity contribution in [2.45, 2.75) is 13.2 Å². The Bertz CT molecular complexity index is 826. The number of carbonyl (C=O) groups excluding carboxylic acids is 1. The second kappa shape index (κ2) is 5.27. The smallest absolute Gasteiger partial charge is 0.266 e. The van der Waals surface area contributed by atoms with E-state index in [2.05, 4.69) is 5.10 Å². The summed E-state index contributed by atoms with van der Waals surface area (Å²) in [6, 6.07) is 17.5. The van der Waals surface area contributed by atoms with Crippen LogP contribution in [0, 0.1) is 0 Å². The first-order chi connectivity index (χ1) is 10.8. The van der Waals surface area contributed by atoms with Crippen LogP contribution in [0.15, 0.2) is 54.6 Å². The summed E-state index contributed by atoms with van der Waals surface area (Å²) in [6.07, 6.45) is 0. The van der Waals surface area contributed by atoms with Gasteiger partial charge in [-0.15, -0.1) is 0 Å². The molecule has 0 aliphatic carbocycles. The Kier molecular flexibility index (Phi) is 3.12. The van der Waals surface area contributed by atoms with Crippen LogP contribution in [0.2, 0.25) is 0 Å². The van der Waals surface area contributed by atoms with E-state index in [0.717, 1.165) is 16.5 Å². The van der Waals surface area contributed by atoms with E-state index < -0.39 is 0 Å². The lowest BCUT2D eigenvalue weighted by molar-refractivity contribution is -0.139. The highest BCUT2D eigenvalue weighted by molar-refractivity contribution is 6.05. The van der Waals surface area contributed by atoms with Gasteiger partial charge in [-0.25, -0.2) is 5.06 Å². The van der Waals surface area contributed by atoms with Crippen molar-refractivity contribution in [2.75, 3.05) is 6.54 Å². The van der Waals surface area contributed by atoms with Gasteiger partial charge < -0.3 is 0 Å². The lowest BCUT2D eigenvalue weighted by atomic mass is 10.2. The molecule has 5 nitrogen and oxygen atoms in total. The second-order valence-corrected chi connectivity index (χ2v) is 5.26. The predicted molar refractivity (Wildman–Crippen MR) is 82.0 cm³/mol. The first-order valence-electron chi connectivity index (χ1n) is 7.27. The van der Waals surface area contributed by atoms with Gasteiger partial charge in [-0.3, -0.25) is 14.3 Å². The summed E-state index contributed by atoms with van der Waals surface area (Å²) >= 11 is 0. The highest BCUT2D eigenvalue weighted by Crippen LogP contribution is 2.23. The number of aromatic nitrogens is 2. The monoisotopic (exact) mass is 293 g/mol. The van der Waals surface area contributed by atoms with Crippen molar-refractivity contribution in [3.63, 3.8) is 0 Å². The van der Waals surface area contributed by atoms with Gasteiger partial charge in [-0.05, 0) is 11.6 Å². The molecule has 0 fully saturated rings. The van der Waals surface area contributed by atoms with Crippen LogP contribution < -0.4 is 0 Å². The Morgan fingerprint density at radius 1 is 1.00 bits per heavy atom. The van der Waals surface area contributed by atoms with Crippen molar-refractivity contribution < 1.29 is 9.63 Å². The molecular weight excluding hydrogens is 278 g/mol. The number of fused-ring (bicyclic) bond motifs is 3. The zero-order valence-electron chi connectivity index (χ0n) is 12.0. The average Bonchev–Trinajstić information content (AvgIpc) is 2.94. The Morgan fingerprint density at radius 2 is 1.77 bits per heavy atom. The molecule has 1 aromatic heterocycles. The maximum atomic E-state index is 12.7. The molecule has 1 aliphatic rings. The molecule has 0 saturated carbocycles. The third-order valence-electron chi connectivity index (χ3n) is 3.82. The summed E-state index contributed by atoms with van der Waals surface area (Å²) in [5.41, 5.74) is 2.49. The van der Waals surface area contributed by atoms with Crippen molar-refractivity contribution in [1.29, 1.82) is 0 Å². The van der Waals surface area contributed by atoms with Crippen LogP contribution in [0.1, 0.15) is 16.1 Å². The number of nitrogens with zero attached hydrogens (tertiary/aromatic N) is 3. The van der Waals surface area contributed by atoms with E-state index in [1.807, 2.05) is 54.6 Å². The highest BCUT2D eigenvalue weighted by Gasteiger charge is 2.28. The molecule has 0 spiro atoms. The number of hydroxylamine groups is 2. The molecule has 3 aromatic rings. The van der Waals surface area contributed by atoms with Gasteiger partial charge in [0.2, 0.25) is 0 Å². The van der Waals surface area contributed by atoms with Gasteiger partial charge >= 0.3 is 0 Å². The van der Waals surface area contributed by atoms with Gasteiger partial charge in [0.15, 0.2) is 0 Å². The van der Waals surface area contributed by atoms with Crippen LogP contribution in [-0.4, -0.2) is 27.3 Å². The molecule has 4 rings (SSSR count). The molecule has 0 bridgehead atoms. The summed E-state index contributed by atoms with van der Waals surface area (Å²) in [5.74, 6) is -0.129. The third-order valence-corrected chi connectivity index (χ3v) is 3.82. The molecule has 5 heteroatoms. The van der Waals surface area contributed by atoms with Crippen LogP contribution in [-0.2, 0) is 18.0 Å². The van der Waals surface area contributed by atoms with Crippen LogP contribution in [0.25, 0.3) is 10.9 Å². The van der Waals surface area contributed by atoms with Crippen molar-refractivity contribution in [2.24, 2.45) is 0 Å². The van der Waals surface area contributed by atoms with Crippen LogP contribution in [0.5, 0.6) is 0 Å². The lowest BCUT2D eigenvalue weighted by Crippen LogP contribution is -2.40. The molecule has 1 amide bonds. The van der Waals surface area contributed by atoms with Crippen molar-refractivity contribution in [3.8, 4) is 0 Å². The van der Waals surface area contributed by atoms with Crippen molar-refractivity contribution >= 4 is 16.8 Å². The number of hydrogen-bond acceptors (Lipinski definition) is 3. The number of benzene rings is 2. The van der Waals surface area contributed by atoms with Gasteiger partial charge in [0.25, 0.3) is 5.91 Å². The molecule has 0 N–H and O–H groups in total. The molecule has 0 atom stereocenters. The number of amides is 1. The van der Waals surface area contributed by atoms with Crippen LogP contribution in [0.4, 0.5) is 0 Å². The fourth-order valence-corrected chi connectivity index (χ4v) is 2.72. The van der Waals surface area contributed by atoms with E-state index in [-0.39, 0.29) is 5.91 Å². The van der Waals surface area contributed by atoms with E-state index in [9.17, 15) is 4.79 Å². The minimum Gasteiger partial charge on any atom is -0.266 e. The normalized spacial score (nSPS) is 14.4. The molecule has 0 saturated heterocycles. The maximum Gasteiger partial charge on any atom is 0.296 e. The molecule has 2 aromatic carbocycles. The quantitative estimate of drug-likeness (QED) is 0.746. The molecular formula is C17H15N3O2. The topological polar surface area (TPSA) is 47.4 Å². The van der Waals surface area contributed by atoms with E-state index in [1.54, 1.807) is 4.68 Å². The Labute approximate surface area is 127 Å². The third kappa shape index (κ3) is 2.16. The molecule has 0 unspecified atom stereocenters. The van der Waals surface area contributed by atoms with Gasteiger partial charge in [0, 0.05) is 5.39 Å². The van der Waals surface area contributed by atoms with Gasteiger partial charge in [-0.1, -0.05) is 48.5 Å². The van der Waals surface area contributed by atoms with E-state index in [4.69, 9.17) is 4.84 Å². The fourth-order valence-electron chi connectivity index (χ4n) is 2.72. The average molecular weight is 293 g/mol. The minimum absolute atomic E-state index is 0.129. The zero-order chi connectivity index (χ0) is 14.9. The number of rotatable bonds is 3. The molecule has 0 radical (unpaired) electrons. The van der Waals surface area contributed by atoms with Gasteiger partial charge in [-0.2, -0.15) is 5.10 Å². The summed E-state index contributed by atoms with van der Waals surface area (Å²) in [6.45, 7) is 1.54. The zero-order valence-corrected chi connectivity index (χ0v) is 12.0. The summed E-state index contributed by atoms with van der Waals surface area (Å²) < 4.78 is 1.77. The van der Waals surface area contributed by atoms with E-state index in [1.165, 1.54) is 5.06 Å². The summed E-state index contributed by atoms with van der Waals surface area (Å²) in [4.78, 5) is 18.4. The van der Waals surface area contributed by atoms with E-state index in [0.29, 0.717) is 25.4 Å². The predicted octanol–water partition coefficient (Wildman–Crippen LogP) is 2.62. The minimum atomic E-state index is -0.129. The largest absolute Gasteiger partial charge is 0.296 e. The summed E-state index contributed by atoms with van der Waals surface area (Å²) in [5, 5.41) is 6.79. The second-order valence-electron chi connectivity index (χ2n) is 5.26. The molecule has 22 heavy (non-hydrogen) atoms. The van der Waals surface area contributed by atoms with Crippen LogP contribution >= 0.6 is 0 Å². The Morgan fingerprint density at radius 3 is 2.64 bits per heavy atom. The van der Waals surface area contributed by atoms with Gasteiger partial charge in [0.1, 0.15) is 12.3 Å². The van der Waals surface area contributed by atoms with Crippen molar-refractivity contribution in [3.05, 3.63) is 65.9 Å². The molecule has 110 valence electrons. The standard InChI is InChI=1S/C17H15N3O2/c21-17-16-14-8-4-5-9-15(14)18-19(16)10-11-20(17)22-12-13-6-2-1-3-7-13/h1-9H,10-12H2. The maximum absolute atomic E-state index is 12.7. The summed E-state index contributed by atoms with van der Waals surface area (Å²) in [7, 11) is 0. The Balaban J connectivity index is 1.59. The number of hydrogen-bond donors (Lipinski definition) is 0. The van der Waals surface area contributed by atoms with Gasteiger partial charge in [0.05, 0.1) is 18.6 Å². The SMILES string of the molecule is O=C1c2c3ccccc3nn2CCN1OCc1ccccc1. The first kappa shape index (κ1) is 13.0. The lowest BCUT2D eigenvalue weighted by Gasteiger charge is -2.26. The van der Waals surface area contributed by atoms with Crippen molar-refractivity contribution in [1.82, 2.24) is 14.8 Å². The van der Waals surface area contributed by atoms with Crippen LogP contribution in [0.3, 0.4) is 0 Å².